The molecule has 11 heteroatoms. The van der Waals surface area contributed by atoms with E-state index in [1.807, 2.05) is 0 Å². The van der Waals surface area contributed by atoms with Crippen LogP contribution < -0.4 is 9.47 Å². The largest absolute Gasteiger partial charge is 0.573 e. The molecule has 8 nitrogen and oxygen atoms in total. The Hall–Kier alpha value is -2.59. The number of halogens is 3. The average molecular weight is 310 g/mol. The van der Waals surface area contributed by atoms with E-state index < -0.39 is 40.1 Å². The van der Waals surface area contributed by atoms with Crippen molar-refractivity contribution in [2.75, 3.05) is 13.7 Å². The maximum absolute atomic E-state index is 12.2. The van der Waals surface area contributed by atoms with Crippen LogP contribution in [0.4, 0.5) is 18.9 Å². The van der Waals surface area contributed by atoms with Gasteiger partial charge in [0.25, 0.3) is 0 Å². The number of rotatable bonds is 5. The molecule has 1 aromatic rings. The van der Waals surface area contributed by atoms with E-state index in [2.05, 4.69) is 19.2 Å². The van der Waals surface area contributed by atoms with Crippen LogP contribution in [0.5, 0.6) is 11.5 Å². The molecule has 0 aliphatic heterocycles. The molecule has 0 N–H and O–H groups in total. The molecular weight excluding hydrogens is 301 g/mol. The van der Waals surface area contributed by atoms with E-state index in [-0.39, 0.29) is 6.61 Å². The van der Waals surface area contributed by atoms with Crippen LogP contribution in [-0.4, -0.2) is 36.0 Å². The van der Waals surface area contributed by atoms with E-state index in [0.29, 0.717) is 6.20 Å². The number of alkyl halides is 3. The molecule has 0 aliphatic carbocycles. The zero-order chi connectivity index (χ0) is 16.2. The van der Waals surface area contributed by atoms with E-state index in [4.69, 9.17) is 0 Å². The number of hydrogen-bond donors (Lipinski definition) is 0. The van der Waals surface area contributed by atoms with Crippen molar-refractivity contribution in [3.63, 3.8) is 0 Å². The summed E-state index contributed by atoms with van der Waals surface area (Å²) in [4.78, 5) is 24.7. The van der Waals surface area contributed by atoms with Crippen molar-refractivity contribution >= 4 is 11.7 Å². The molecule has 1 aromatic heterocycles. The van der Waals surface area contributed by atoms with Crippen LogP contribution in [0.3, 0.4) is 0 Å². The molecule has 1 rings (SSSR count). The Kier molecular flexibility index (Phi) is 4.89. The van der Waals surface area contributed by atoms with E-state index in [1.54, 1.807) is 0 Å². The summed E-state index contributed by atoms with van der Waals surface area (Å²) in [5.41, 5.74) is -1.86. The van der Waals surface area contributed by atoms with E-state index in [9.17, 15) is 28.1 Å². The molecule has 0 saturated carbocycles. The lowest BCUT2D eigenvalue weighted by molar-refractivity contribution is -0.386. The quantitative estimate of drug-likeness (QED) is 0.466. The topological polar surface area (TPSA) is 101 Å². The number of methoxy groups -OCH3 is 1. The van der Waals surface area contributed by atoms with Crippen molar-refractivity contribution in [1.29, 1.82) is 0 Å². The molecule has 0 radical (unpaired) electrons. The van der Waals surface area contributed by atoms with Crippen molar-refractivity contribution in [2.45, 2.75) is 13.3 Å². The third kappa shape index (κ3) is 3.94. The van der Waals surface area contributed by atoms with Gasteiger partial charge in [-0.05, 0) is 6.92 Å². The van der Waals surface area contributed by atoms with Gasteiger partial charge in [-0.3, -0.25) is 10.1 Å². The molecule has 0 bridgehead atoms. The Morgan fingerprint density at radius 2 is 2.10 bits per heavy atom. The van der Waals surface area contributed by atoms with Crippen molar-refractivity contribution in [1.82, 2.24) is 4.98 Å². The SMILES string of the molecule is CCOC(=O)c1ncc(OC(F)(F)F)c(OC)c1[N+](=O)[O-]. The Labute approximate surface area is 115 Å². The Morgan fingerprint density at radius 1 is 1.48 bits per heavy atom. The summed E-state index contributed by atoms with van der Waals surface area (Å²) >= 11 is 0. The molecule has 0 fully saturated rings. The van der Waals surface area contributed by atoms with Gasteiger partial charge in [0.2, 0.25) is 11.4 Å². The smallest absolute Gasteiger partial charge is 0.487 e. The first-order chi connectivity index (χ1) is 9.71. The van der Waals surface area contributed by atoms with E-state index in [0.717, 1.165) is 7.11 Å². The van der Waals surface area contributed by atoms with Crippen molar-refractivity contribution in [3.05, 3.63) is 22.0 Å². The minimum absolute atomic E-state index is 0.0964. The number of esters is 1. The third-order valence-corrected chi connectivity index (χ3v) is 2.06. The molecule has 0 atom stereocenters. The second kappa shape index (κ2) is 6.24. The fourth-order valence-electron chi connectivity index (χ4n) is 1.38. The molecule has 1 heterocycles. The van der Waals surface area contributed by atoms with Gasteiger partial charge in [-0.15, -0.1) is 13.2 Å². The van der Waals surface area contributed by atoms with Crippen LogP contribution in [0.25, 0.3) is 0 Å². The van der Waals surface area contributed by atoms with Crippen LogP contribution in [0.2, 0.25) is 0 Å². The Morgan fingerprint density at radius 3 is 2.52 bits per heavy atom. The van der Waals surface area contributed by atoms with Gasteiger partial charge in [0, 0.05) is 0 Å². The van der Waals surface area contributed by atoms with E-state index >= 15 is 0 Å². The van der Waals surface area contributed by atoms with Crippen LogP contribution in [0.1, 0.15) is 17.4 Å². The maximum Gasteiger partial charge on any atom is 0.573 e. The first-order valence-corrected chi connectivity index (χ1v) is 5.35. The van der Waals surface area contributed by atoms with Crippen molar-refractivity contribution in [3.8, 4) is 11.5 Å². The highest BCUT2D eigenvalue weighted by Gasteiger charge is 2.37. The van der Waals surface area contributed by atoms with Gasteiger partial charge in [-0.1, -0.05) is 0 Å². The lowest BCUT2D eigenvalue weighted by Gasteiger charge is -2.13. The fourth-order valence-corrected chi connectivity index (χ4v) is 1.38. The summed E-state index contributed by atoms with van der Waals surface area (Å²) in [5.74, 6) is -3.08. The first kappa shape index (κ1) is 16.5. The predicted molar refractivity (Wildman–Crippen MR) is 60.1 cm³/mol. The molecular formula is C10H9F3N2O6. The summed E-state index contributed by atoms with van der Waals surface area (Å²) in [7, 11) is 0.889. The third-order valence-electron chi connectivity index (χ3n) is 2.06. The fraction of sp³-hybridized carbons (Fsp3) is 0.400. The molecule has 0 saturated heterocycles. The second-order valence-corrected chi connectivity index (χ2v) is 3.38. The van der Waals surface area contributed by atoms with Crippen LogP contribution in [0.15, 0.2) is 6.20 Å². The van der Waals surface area contributed by atoms with Gasteiger partial charge < -0.3 is 14.2 Å². The Balaban J connectivity index is 3.45. The number of pyridine rings is 1. The highest BCUT2D eigenvalue weighted by molar-refractivity contribution is 5.93. The zero-order valence-corrected chi connectivity index (χ0v) is 10.8. The van der Waals surface area contributed by atoms with Gasteiger partial charge in [-0.25, -0.2) is 9.78 Å². The molecule has 0 amide bonds. The summed E-state index contributed by atoms with van der Waals surface area (Å²) in [6.45, 7) is 1.35. The Bertz CT molecular complexity index is 560. The minimum Gasteiger partial charge on any atom is -0.487 e. The summed E-state index contributed by atoms with van der Waals surface area (Å²) in [5, 5.41) is 11.0. The number of aromatic nitrogens is 1. The number of hydrogen-bond acceptors (Lipinski definition) is 7. The maximum atomic E-state index is 12.2. The standard InChI is InChI=1S/C10H9F3N2O6/c1-3-20-9(16)6-7(15(17)18)8(19-2)5(4-14-6)21-10(11,12)13/h4H,3H2,1-2H3. The van der Waals surface area contributed by atoms with Gasteiger partial charge in [0.1, 0.15) is 0 Å². The molecule has 0 unspecified atom stereocenters. The number of carbonyl (C=O) groups excluding carboxylic acids is 1. The second-order valence-electron chi connectivity index (χ2n) is 3.38. The van der Waals surface area contributed by atoms with Gasteiger partial charge in [0.15, 0.2) is 5.75 Å². The number of nitro groups is 1. The van der Waals surface area contributed by atoms with Crippen molar-refractivity contribution < 1.29 is 37.1 Å². The summed E-state index contributed by atoms with van der Waals surface area (Å²) in [6, 6.07) is 0. The lowest BCUT2D eigenvalue weighted by Crippen LogP contribution is -2.19. The highest BCUT2D eigenvalue weighted by atomic mass is 19.4. The lowest BCUT2D eigenvalue weighted by atomic mass is 10.2. The monoisotopic (exact) mass is 310 g/mol. The zero-order valence-electron chi connectivity index (χ0n) is 10.8. The van der Waals surface area contributed by atoms with Crippen LogP contribution in [0, 0.1) is 10.1 Å². The summed E-state index contributed by atoms with van der Waals surface area (Å²) < 4.78 is 49.2. The van der Waals surface area contributed by atoms with Gasteiger partial charge in [0.05, 0.1) is 24.8 Å². The minimum atomic E-state index is -5.10. The molecule has 0 aromatic carbocycles. The molecule has 21 heavy (non-hydrogen) atoms. The highest BCUT2D eigenvalue weighted by Crippen LogP contribution is 2.40. The van der Waals surface area contributed by atoms with E-state index in [1.165, 1.54) is 6.92 Å². The number of carbonyl (C=O) groups is 1. The van der Waals surface area contributed by atoms with Gasteiger partial charge in [-0.2, -0.15) is 0 Å². The molecule has 0 aliphatic rings. The van der Waals surface area contributed by atoms with Crippen LogP contribution >= 0.6 is 0 Å². The van der Waals surface area contributed by atoms with Crippen LogP contribution in [-0.2, 0) is 4.74 Å². The number of nitrogens with zero attached hydrogens (tertiary/aromatic N) is 2. The summed E-state index contributed by atoms with van der Waals surface area (Å²) in [6.07, 6.45) is -4.61. The normalized spacial score (nSPS) is 10.9. The molecule has 116 valence electrons. The van der Waals surface area contributed by atoms with Crippen molar-refractivity contribution in [2.24, 2.45) is 0 Å². The van der Waals surface area contributed by atoms with Gasteiger partial charge >= 0.3 is 18.0 Å². The molecule has 0 spiro atoms. The first-order valence-electron chi connectivity index (χ1n) is 5.35. The predicted octanol–water partition coefficient (Wildman–Crippen LogP) is 2.07. The average Bonchev–Trinajstić information content (AvgIpc) is 2.36. The number of ether oxygens (including phenoxy) is 3.